The summed E-state index contributed by atoms with van der Waals surface area (Å²) in [7, 11) is 0. The fourth-order valence-corrected chi connectivity index (χ4v) is 7.62. The van der Waals surface area contributed by atoms with Crippen LogP contribution in [0.2, 0.25) is 0 Å². The molecular formula is C41H48N4O6. The highest BCUT2D eigenvalue weighted by molar-refractivity contribution is 5.77. The van der Waals surface area contributed by atoms with Crippen LogP contribution in [0.3, 0.4) is 0 Å². The van der Waals surface area contributed by atoms with E-state index in [0.29, 0.717) is 42.5 Å². The lowest BCUT2D eigenvalue weighted by Crippen LogP contribution is -2.40. The summed E-state index contributed by atoms with van der Waals surface area (Å²) in [5.74, 6) is 0.312. The molecule has 2 aromatic carbocycles. The molecule has 1 aliphatic carbocycles. The number of aromatic nitrogens is 2. The zero-order chi connectivity index (χ0) is 35.0. The number of fused-ring (bicyclic) bond motifs is 1. The number of rotatable bonds is 14. The molecule has 51 heavy (non-hydrogen) atoms. The lowest BCUT2D eigenvalue weighted by molar-refractivity contribution is -0.138. The third-order valence-corrected chi connectivity index (χ3v) is 10.4. The molecule has 3 atom stereocenters. The van der Waals surface area contributed by atoms with Crippen LogP contribution in [-0.2, 0) is 33.0 Å². The quantitative estimate of drug-likeness (QED) is 0.141. The van der Waals surface area contributed by atoms with Gasteiger partial charge in [0, 0.05) is 62.6 Å². The maximum absolute atomic E-state index is 11.8. The van der Waals surface area contributed by atoms with Crippen LogP contribution in [0.15, 0.2) is 89.5 Å². The minimum Gasteiger partial charge on any atom is -0.487 e. The summed E-state index contributed by atoms with van der Waals surface area (Å²) in [4.78, 5) is 26.1. The van der Waals surface area contributed by atoms with E-state index in [9.17, 15) is 9.90 Å². The molecule has 4 heterocycles. The van der Waals surface area contributed by atoms with Gasteiger partial charge in [0.2, 0.25) is 5.89 Å². The maximum Gasteiger partial charge on any atom is 0.304 e. The number of nitrogens with zero attached hydrogens (tertiary/aromatic N) is 4. The van der Waals surface area contributed by atoms with Crippen molar-refractivity contribution in [2.45, 2.75) is 63.8 Å². The highest BCUT2D eigenvalue weighted by Gasteiger charge is 2.45. The first kappa shape index (κ1) is 35.1. The molecule has 2 saturated heterocycles. The van der Waals surface area contributed by atoms with Gasteiger partial charge in [-0.3, -0.25) is 19.6 Å². The minimum atomic E-state index is -0.932. The number of morpholine rings is 1. The predicted octanol–water partition coefficient (Wildman–Crippen LogP) is 6.85. The highest BCUT2D eigenvalue weighted by Crippen LogP contribution is 2.46. The molecule has 2 aliphatic heterocycles. The third kappa shape index (κ3) is 8.25. The second-order valence-electron chi connectivity index (χ2n) is 13.8. The Hall–Kier alpha value is -4.35. The first-order chi connectivity index (χ1) is 25.0. The van der Waals surface area contributed by atoms with Gasteiger partial charge in [0.05, 0.1) is 25.3 Å². The van der Waals surface area contributed by atoms with Crippen LogP contribution in [0.5, 0.6) is 5.75 Å². The highest BCUT2D eigenvalue weighted by atomic mass is 16.5. The van der Waals surface area contributed by atoms with Crippen molar-refractivity contribution in [1.82, 2.24) is 19.8 Å². The monoisotopic (exact) mass is 692 g/mol. The summed E-state index contributed by atoms with van der Waals surface area (Å²) in [6.07, 6.45) is 12.0. The molecule has 0 saturated carbocycles. The summed E-state index contributed by atoms with van der Waals surface area (Å²) >= 11 is 0. The van der Waals surface area contributed by atoms with Crippen LogP contribution in [0.25, 0.3) is 16.7 Å². The van der Waals surface area contributed by atoms with Crippen molar-refractivity contribution in [3.8, 4) is 5.75 Å². The zero-order valence-corrected chi connectivity index (χ0v) is 29.4. The van der Waals surface area contributed by atoms with Gasteiger partial charge < -0.3 is 23.7 Å². The average Bonchev–Trinajstić information content (AvgIpc) is 3.58. The number of ether oxygens (including phenoxy) is 3. The van der Waals surface area contributed by atoms with Crippen molar-refractivity contribution in [3.63, 3.8) is 0 Å². The predicted molar refractivity (Wildman–Crippen MR) is 195 cm³/mol. The van der Waals surface area contributed by atoms with Gasteiger partial charge in [0.15, 0.2) is 11.2 Å². The Balaban J connectivity index is 1.22. The summed E-state index contributed by atoms with van der Waals surface area (Å²) in [6.45, 7) is 8.75. The molecule has 3 aliphatic rings. The van der Waals surface area contributed by atoms with Crippen molar-refractivity contribution in [2.75, 3.05) is 46.0 Å². The van der Waals surface area contributed by atoms with Crippen molar-refractivity contribution < 1.29 is 28.5 Å². The molecule has 4 aromatic rings. The number of carboxylic acid groups (broad SMARTS) is 1. The van der Waals surface area contributed by atoms with Crippen LogP contribution in [-0.4, -0.2) is 82.9 Å². The fraction of sp³-hybridized carbons (Fsp3) is 0.439. The van der Waals surface area contributed by atoms with Crippen LogP contribution >= 0.6 is 0 Å². The number of likely N-dealkylation sites (tertiary alicyclic amines) is 1. The number of carbonyl (C=O) groups is 1. The molecule has 1 N–H and O–H groups in total. The summed E-state index contributed by atoms with van der Waals surface area (Å²) in [5, 5.41) is 9.65. The summed E-state index contributed by atoms with van der Waals surface area (Å²) in [5.41, 5.74) is 4.43. The van der Waals surface area contributed by atoms with Gasteiger partial charge in [-0.15, -0.1) is 0 Å². The van der Waals surface area contributed by atoms with Crippen molar-refractivity contribution in [2.24, 2.45) is 5.92 Å². The van der Waals surface area contributed by atoms with Gasteiger partial charge in [-0.25, -0.2) is 4.98 Å². The second-order valence-corrected chi connectivity index (χ2v) is 13.8. The molecule has 2 fully saturated rings. The Morgan fingerprint density at radius 1 is 1.06 bits per heavy atom. The molecule has 2 aromatic heterocycles. The van der Waals surface area contributed by atoms with Crippen molar-refractivity contribution in [1.29, 1.82) is 0 Å². The zero-order valence-electron chi connectivity index (χ0n) is 29.4. The molecule has 268 valence electrons. The number of allylic oxidation sites excluding steroid dienone is 2. The molecule has 0 bridgehead atoms. The smallest absolute Gasteiger partial charge is 0.304 e. The SMILES string of the molecule is CC1C(c2ccccc2)=CC=CC1(OCCCN1CCOCC1)c1nc2cc(CN3CCCCC3CC(=O)O)c(OCc3ccccn3)cc2o1. The Kier molecular flexibility index (Phi) is 11.2. The van der Waals surface area contributed by atoms with E-state index in [4.69, 9.17) is 23.6 Å². The molecule has 0 radical (unpaired) electrons. The Bertz CT molecular complexity index is 1820. The number of pyridine rings is 1. The molecule has 10 heteroatoms. The Morgan fingerprint density at radius 3 is 2.71 bits per heavy atom. The van der Waals surface area contributed by atoms with E-state index in [1.54, 1.807) is 6.20 Å². The molecule has 7 rings (SSSR count). The number of piperidine rings is 1. The van der Waals surface area contributed by atoms with Gasteiger partial charge in [-0.2, -0.15) is 0 Å². The van der Waals surface area contributed by atoms with Crippen LogP contribution in [0.4, 0.5) is 0 Å². The molecule has 0 spiro atoms. The number of oxazole rings is 1. The standard InChI is InChI=1S/C41H48N4O6/c1-30-35(31-11-3-2-4-12-31)15-9-16-41(30,50-22-10-18-44-20-23-48-24-21-44)40-43-36-25-32(28-45-19-8-6-14-34(45)26-39(46)47)37(27-38(36)51-40)49-29-33-13-5-7-17-42-33/h2-5,7,9,11-13,15-17,25,27,30,34H,6,8,10,14,18-24,26,28-29H2,1H3,(H,46,47). The van der Waals surface area contributed by atoms with Gasteiger partial charge >= 0.3 is 5.97 Å². The van der Waals surface area contributed by atoms with E-state index in [1.165, 1.54) is 0 Å². The van der Waals surface area contributed by atoms with Crippen LogP contribution in [0, 0.1) is 5.92 Å². The minimum absolute atomic E-state index is 0.0333. The largest absolute Gasteiger partial charge is 0.487 e. The first-order valence-electron chi connectivity index (χ1n) is 18.3. The topological polar surface area (TPSA) is 110 Å². The lowest BCUT2D eigenvalue weighted by Gasteiger charge is -2.37. The molecular weight excluding hydrogens is 644 g/mol. The van der Waals surface area contributed by atoms with E-state index in [2.05, 4.69) is 64.2 Å². The second kappa shape index (κ2) is 16.3. The first-order valence-corrected chi connectivity index (χ1v) is 18.3. The number of hydrogen-bond donors (Lipinski definition) is 1. The van der Waals surface area contributed by atoms with Crippen LogP contribution < -0.4 is 4.74 Å². The number of carboxylic acids is 1. The summed E-state index contributed by atoms with van der Waals surface area (Å²) < 4.78 is 25.6. The Labute approximate surface area is 299 Å². The average molecular weight is 693 g/mol. The van der Waals surface area contributed by atoms with Gasteiger partial charge in [0.1, 0.15) is 17.9 Å². The maximum atomic E-state index is 11.8. The fourth-order valence-electron chi connectivity index (χ4n) is 7.62. The van der Waals surface area contributed by atoms with Gasteiger partial charge in [0.25, 0.3) is 0 Å². The van der Waals surface area contributed by atoms with Gasteiger partial charge in [-0.05, 0) is 61.2 Å². The van der Waals surface area contributed by atoms with E-state index < -0.39 is 11.6 Å². The van der Waals surface area contributed by atoms with E-state index >= 15 is 0 Å². The van der Waals surface area contributed by atoms with Crippen LogP contribution in [0.1, 0.15) is 61.7 Å². The van der Waals surface area contributed by atoms with E-state index in [1.807, 2.05) is 36.4 Å². The van der Waals surface area contributed by atoms with E-state index in [-0.39, 0.29) is 18.4 Å². The van der Waals surface area contributed by atoms with Gasteiger partial charge in [-0.1, -0.05) is 61.9 Å². The molecule has 0 amide bonds. The van der Waals surface area contributed by atoms with E-state index in [0.717, 1.165) is 87.5 Å². The van der Waals surface area contributed by atoms with Crippen molar-refractivity contribution >= 4 is 22.6 Å². The summed E-state index contributed by atoms with van der Waals surface area (Å²) in [6, 6.07) is 20.1. The third-order valence-electron chi connectivity index (χ3n) is 10.4. The van der Waals surface area contributed by atoms with Crippen molar-refractivity contribution in [3.05, 3.63) is 108 Å². The lowest BCUT2D eigenvalue weighted by atomic mass is 9.76. The Morgan fingerprint density at radius 2 is 1.90 bits per heavy atom. The molecule has 10 nitrogen and oxygen atoms in total. The molecule has 3 unspecified atom stereocenters. The normalized spacial score (nSPS) is 23.0. The number of hydrogen-bond acceptors (Lipinski definition) is 9. The number of benzene rings is 2. The number of aliphatic carboxylic acids is 1.